The Morgan fingerprint density at radius 1 is 0.765 bits per heavy atom. The van der Waals surface area contributed by atoms with Crippen molar-refractivity contribution in [3.8, 4) is 0 Å². The minimum atomic E-state index is 0.684. The van der Waals surface area contributed by atoms with Crippen LogP contribution in [0.5, 0.6) is 0 Å². The number of hydrogen-bond acceptors (Lipinski definition) is 2. The molecule has 0 aromatic heterocycles. The molecule has 0 aliphatic carbocycles. The maximum absolute atomic E-state index is 4.85. The van der Waals surface area contributed by atoms with E-state index in [-0.39, 0.29) is 0 Å². The van der Waals surface area contributed by atoms with E-state index in [0.29, 0.717) is 6.61 Å². The second kappa shape index (κ2) is 15.5. The summed E-state index contributed by atoms with van der Waals surface area (Å²) in [5, 5.41) is 0. The molecule has 0 bridgehead atoms. The maximum Gasteiger partial charge on any atom is 0.122 e. The molecule has 102 valence electrons. The van der Waals surface area contributed by atoms with E-state index >= 15 is 0 Å². The number of unbranched alkanes of at least 4 members (excludes halogenated alkanes) is 10. The van der Waals surface area contributed by atoms with Gasteiger partial charge in [0.15, 0.2) is 0 Å². The van der Waals surface area contributed by atoms with E-state index in [0.717, 1.165) is 6.42 Å². The lowest BCUT2D eigenvalue weighted by Crippen LogP contribution is -1.91. The largest absolute Gasteiger partial charge is 0.346 e. The molecule has 0 aromatic rings. The number of hydrogen-bond donors (Lipinski definition) is 0. The molecule has 0 aliphatic heterocycles. The van der Waals surface area contributed by atoms with Crippen molar-refractivity contribution in [3.63, 3.8) is 0 Å². The third kappa shape index (κ3) is 15.5. The highest BCUT2D eigenvalue weighted by atomic mass is 17.2. The first-order chi connectivity index (χ1) is 8.41. The molecule has 2 heteroatoms. The summed E-state index contributed by atoms with van der Waals surface area (Å²) in [6, 6.07) is 0. The van der Waals surface area contributed by atoms with Crippen LogP contribution in [0.3, 0.4) is 0 Å². The molecule has 0 amide bonds. The Morgan fingerprint density at radius 2 is 1.24 bits per heavy atom. The molecule has 0 rings (SSSR count). The summed E-state index contributed by atoms with van der Waals surface area (Å²) in [6.07, 6.45) is 16.2. The summed E-state index contributed by atoms with van der Waals surface area (Å²) in [4.78, 5) is 9.44. The second-order valence-electron chi connectivity index (χ2n) is 4.62. The van der Waals surface area contributed by atoms with Crippen LogP contribution in [-0.4, -0.2) is 6.61 Å². The quantitative estimate of drug-likeness (QED) is 0.176. The molecule has 0 N–H and O–H groups in total. The molecule has 0 saturated carbocycles. The van der Waals surface area contributed by atoms with E-state index in [4.69, 9.17) is 4.89 Å². The summed E-state index contributed by atoms with van der Waals surface area (Å²) in [5.74, 6) is 0. The van der Waals surface area contributed by atoms with Crippen molar-refractivity contribution in [3.05, 3.63) is 12.8 Å². The highest BCUT2D eigenvalue weighted by Gasteiger charge is 1.93. The van der Waals surface area contributed by atoms with Crippen LogP contribution in [0.15, 0.2) is 12.8 Å². The van der Waals surface area contributed by atoms with Gasteiger partial charge < -0.3 is 4.89 Å². The molecule has 2 nitrogen and oxygen atoms in total. The zero-order valence-corrected chi connectivity index (χ0v) is 11.6. The molecule has 0 spiro atoms. The van der Waals surface area contributed by atoms with Crippen molar-refractivity contribution in [2.75, 3.05) is 6.61 Å². The Morgan fingerprint density at radius 3 is 1.71 bits per heavy atom. The van der Waals surface area contributed by atoms with Crippen LogP contribution in [0, 0.1) is 0 Å². The lowest BCUT2D eigenvalue weighted by Gasteiger charge is -2.02. The lowest BCUT2D eigenvalue weighted by molar-refractivity contribution is -0.248. The third-order valence-electron chi connectivity index (χ3n) is 2.97. The first kappa shape index (κ1) is 16.5. The Labute approximate surface area is 107 Å². The van der Waals surface area contributed by atoms with Gasteiger partial charge >= 0.3 is 0 Å². The van der Waals surface area contributed by atoms with Crippen molar-refractivity contribution in [2.24, 2.45) is 0 Å². The van der Waals surface area contributed by atoms with Crippen LogP contribution in [0.4, 0.5) is 0 Å². The van der Waals surface area contributed by atoms with Gasteiger partial charge in [-0.25, -0.2) is 0 Å². The summed E-state index contributed by atoms with van der Waals surface area (Å²) in [7, 11) is 0. The van der Waals surface area contributed by atoms with Gasteiger partial charge in [0.2, 0.25) is 0 Å². The fourth-order valence-electron chi connectivity index (χ4n) is 1.92. The van der Waals surface area contributed by atoms with Gasteiger partial charge in [0.05, 0.1) is 6.61 Å². The minimum Gasteiger partial charge on any atom is -0.346 e. The van der Waals surface area contributed by atoms with Gasteiger partial charge in [-0.1, -0.05) is 77.7 Å². The van der Waals surface area contributed by atoms with Crippen LogP contribution in [0.25, 0.3) is 0 Å². The molecular formula is C15H30O2. The summed E-state index contributed by atoms with van der Waals surface area (Å²) >= 11 is 0. The fraction of sp³-hybridized carbons (Fsp3) is 0.867. The predicted octanol–water partition coefficient (Wildman–Crippen LogP) is 5.39. The summed E-state index contributed by atoms with van der Waals surface area (Å²) in [6.45, 7) is 6.36. The fourth-order valence-corrected chi connectivity index (χ4v) is 1.92. The van der Waals surface area contributed by atoms with Crippen LogP contribution in [-0.2, 0) is 9.78 Å². The molecule has 0 heterocycles. The lowest BCUT2D eigenvalue weighted by atomic mass is 10.1. The minimum absolute atomic E-state index is 0.684. The predicted molar refractivity (Wildman–Crippen MR) is 73.7 cm³/mol. The van der Waals surface area contributed by atoms with Crippen molar-refractivity contribution in [2.45, 2.75) is 77.6 Å². The van der Waals surface area contributed by atoms with Gasteiger partial charge in [0.1, 0.15) is 6.26 Å². The molecule has 0 atom stereocenters. The average molecular weight is 242 g/mol. The average Bonchev–Trinajstić information content (AvgIpc) is 2.35. The summed E-state index contributed by atoms with van der Waals surface area (Å²) < 4.78 is 0. The topological polar surface area (TPSA) is 18.5 Å². The zero-order chi connectivity index (χ0) is 12.6. The van der Waals surface area contributed by atoms with Crippen molar-refractivity contribution < 1.29 is 9.78 Å². The van der Waals surface area contributed by atoms with Gasteiger partial charge in [0.25, 0.3) is 0 Å². The maximum atomic E-state index is 4.85. The normalized spacial score (nSPS) is 10.4. The Balaban J connectivity index is 2.87. The highest BCUT2D eigenvalue weighted by molar-refractivity contribution is 4.48. The van der Waals surface area contributed by atoms with E-state index in [1.54, 1.807) is 0 Å². The van der Waals surface area contributed by atoms with E-state index in [9.17, 15) is 0 Å². The molecule has 0 saturated heterocycles. The number of rotatable bonds is 14. The molecule has 0 unspecified atom stereocenters. The molecule has 0 aliphatic rings. The van der Waals surface area contributed by atoms with E-state index < -0.39 is 0 Å². The zero-order valence-electron chi connectivity index (χ0n) is 11.6. The highest BCUT2D eigenvalue weighted by Crippen LogP contribution is 2.11. The van der Waals surface area contributed by atoms with Gasteiger partial charge in [-0.05, 0) is 6.42 Å². The van der Waals surface area contributed by atoms with E-state index in [2.05, 4.69) is 18.4 Å². The smallest absolute Gasteiger partial charge is 0.122 e. The van der Waals surface area contributed by atoms with Crippen molar-refractivity contribution >= 4 is 0 Å². The Bertz CT molecular complexity index is 146. The Hall–Kier alpha value is -0.500. The second-order valence-corrected chi connectivity index (χ2v) is 4.62. The van der Waals surface area contributed by atoms with Gasteiger partial charge in [-0.2, -0.15) is 4.89 Å². The monoisotopic (exact) mass is 242 g/mol. The van der Waals surface area contributed by atoms with Gasteiger partial charge in [0, 0.05) is 0 Å². The van der Waals surface area contributed by atoms with Crippen LogP contribution in [0.2, 0.25) is 0 Å². The molecule has 0 fully saturated rings. The van der Waals surface area contributed by atoms with E-state index in [1.807, 2.05) is 0 Å². The standard InChI is InChI=1S/C15H30O2/c1-3-5-6-7-8-9-10-11-12-13-14-15-17-16-4-2/h4H,2-3,5-15H2,1H3. The van der Waals surface area contributed by atoms with Crippen molar-refractivity contribution in [1.29, 1.82) is 0 Å². The first-order valence-corrected chi connectivity index (χ1v) is 7.31. The van der Waals surface area contributed by atoms with Crippen molar-refractivity contribution in [1.82, 2.24) is 0 Å². The van der Waals surface area contributed by atoms with Crippen LogP contribution >= 0.6 is 0 Å². The van der Waals surface area contributed by atoms with Gasteiger partial charge in [-0.15, -0.1) is 0 Å². The Kier molecular flexibility index (Phi) is 15.0. The van der Waals surface area contributed by atoms with Gasteiger partial charge in [-0.3, -0.25) is 0 Å². The third-order valence-corrected chi connectivity index (χ3v) is 2.97. The van der Waals surface area contributed by atoms with Crippen LogP contribution in [0.1, 0.15) is 77.6 Å². The summed E-state index contributed by atoms with van der Waals surface area (Å²) in [5.41, 5.74) is 0. The molecule has 0 radical (unpaired) electrons. The van der Waals surface area contributed by atoms with Crippen LogP contribution < -0.4 is 0 Å². The van der Waals surface area contributed by atoms with E-state index in [1.165, 1.54) is 70.5 Å². The first-order valence-electron chi connectivity index (χ1n) is 7.31. The molecular weight excluding hydrogens is 212 g/mol. The molecule has 0 aromatic carbocycles. The SMILES string of the molecule is C=COOCCCCCCCCCCCCC. The molecule has 17 heavy (non-hydrogen) atoms.